The average Bonchev–Trinajstić information content (AvgIpc) is 2.98. The van der Waals surface area contributed by atoms with Crippen molar-refractivity contribution in [3.05, 3.63) is 22.8 Å². The van der Waals surface area contributed by atoms with Gasteiger partial charge >= 0.3 is 0 Å². The summed E-state index contributed by atoms with van der Waals surface area (Å²) in [6.45, 7) is 2.01. The predicted molar refractivity (Wildman–Crippen MR) is 58.9 cm³/mol. The van der Waals surface area contributed by atoms with E-state index in [-0.39, 0.29) is 0 Å². The van der Waals surface area contributed by atoms with Crippen LogP contribution in [0.2, 0.25) is 0 Å². The normalized spacial score (nSPS) is 24.3. The Morgan fingerprint density at radius 1 is 1.20 bits per heavy atom. The maximum Gasteiger partial charge on any atom is 0.125 e. The first-order valence-corrected chi connectivity index (χ1v) is 5.84. The van der Waals surface area contributed by atoms with Crippen LogP contribution in [0.1, 0.15) is 54.0 Å². The van der Waals surface area contributed by atoms with Gasteiger partial charge in [0.05, 0.1) is 5.69 Å². The van der Waals surface area contributed by atoms with Gasteiger partial charge in [0.25, 0.3) is 0 Å². The van der Waals surface area contributed by atoms with Gasteiger partial charge in [-0.25, -0.2) is 9.97 Å². The van der Waals surface area contributed by atoms with E-state index in [1.165, 1.54) is 36.2 Å². The summed E-state index contributed by atoms with van der Waals surface area (Å²) in [6, 6.07) is 0.496. The fourth-order valence-electron chi connectivity index (χ4n) is 2.62. The van der Waals surface area contributed by atoms with Crippen LogP contribution < -0.4 is 5.32 Å². The molecule has 2 aliphatic rings. The second kappa shape index (κ2) is 3.27. The third kappa shape index (κ3) is 1.46. The highest BCUT2D eigenvalue weighted by Crippen LogP contribution is 2.45. The van der Waals surface area contributed by atoms with Gasteiger partial charge < -0.3 is 5.32 Å². The fourth-order valence-corrected chi connectivity index (χ4v) is 2.62. The van der Waals surface area contributed by atoms with Gasteiger partial charge in [0.2, 0.25) is 0 Å². The average molecular weight is 203 g/mol. The summed E-state index contributed by atoms with van der Waals surface area (Å²) < 4.78 is 0. The molecule has 0 bridgehead atoms. The van der Waals surface area contributed by atoms with Crippen LogP contribution in [0.25, 0.3) is 0 Å². The molecule has 1 atom stereocenters. The van der Waals surface area contributed by atoms with Gasteiger partial charge in [-0.1, -0.05) is 0 Å². The number of nitrogens with one attached hydrogen (secondary N) is 1. The molecule has 1 aromatic rings. The highest BCUT2D eigenvalue weighted by Gasteiger charge is 2.34. The van der Waals surface area contributed by atoms with Crippen LogP contribution in [0, 0.1) is 6.92 Å². The molecule has 1 saturated carbocycles. The lowest BCUT2D eigenvalue weighted by molar-refractivity contribution is 0.584. The lowest BCUT2D eigenvalue weighted by Gasteiger charge is -2.14. The van der Waals surface area contributed by atoms with Crippen molar-refractivity contribution in [2.45, 2.75) is 44.6 Å². The molecule has 0 amide bonds. The summed E-state index contributed by atoms with van der Waals surface area (Å²) in [5.74, 6) is 1.68. The third-order valence-electron chi connectivity index (χ3n) is 3.50. The Bertz CT molecular complexity index is 396. The van der Waals surface area contributed by atoms with E-state index in [9.17, 15) is 0 Å². The van der Waals surface area contributed by atoms with Crippen LogP contribution in [0.5, 0.6) is 0 Å². The molecular weight excluding hydrogens is 186 g/mol. The molecule has 0 aliphatic heterocycles. The number of aromatic nitrogens is 2. The quantitative estimate of drug-likeness (QED) is 0.797. The Balaban J connectivity index is 2.12. The van der Waals surface area contributed by atoms with E-state index < -0.39 is 0 Å². The second-order valence-electron chi connectivity index (χ2n) is 4.67. The van der Waals surface area contributed by atoms with E-state index in [0.29, 0.717) is 6.04 Å². The van der Waals surface area contributed by atoms with Crippen molar-refractivity contribution in [1.29, 1.82) is 0 Å². The molecule has 0 aromatic carbocycles. The van der Waals surface area contributed by atoms with Gasteiger partial charge in [0, 0.05) is 23.2 Å². The topological polar surface area (TPSA) is 37.8 Å². The largest absolute Gasteiger partial charge is 0.313 e. The molecule has 80 valence electrons. The van der Waals surface area contributed by atoms with E-state index in [2.05, 4.69) is 15.3 Å². The summed E-state index contributed by atoms with van der Waals surface area (Å²) in [7, 11) is 2.04. The minimum absolute atomic E-state index is 0.496. The Hall–Kier alpha value is -0.960. The first kappa shape index (κ1) is 9.28. The standard InChI is InChI=1S/C12H17N3/c1-7-14-10-6-5-9(13-2)11(10)12(15-7)8-3-4-8/h8-9,13H,3-6H2,1-2H3. The molecule has 1 N–H and O–H groups in total. The number of hydrogen-bond donors (Lipinski definition) is 1. The van der Waals surface area contributed by atoms with Gasteiger partial charge in [-0.15, -0.1) is 0 Å². The summed E-state index contributed by atoms with van der Waals surface area (Å²) in [4.78, 5) is 9.23. The van der Waals surface area contributed by atoms with Gasteiger partial charge in [-0.2, -0.15) is 0 Å². The minimum atomic E-state index is 0.496. The van der Waals surface area contributed by atoms with Crippen molar-refractivity contribution in [3.8, 4) is 0 Å². The van der Waals surface area contributed by atoms with E-state index in [1.807, 2.05) is 14.0 Å². The maximum atomic E-state index is 4.65. The molecule has 1 unspecified atom stereocenters. The van der Waals surface area contributed by atoms with Crippen LogP contribution in [0.15, 0.2) is 0 Å². The van der Waals surface area contributed by atoms with Crippen LogP contribution in [0.4, 0.5) is 0 Å². The van der Waals surface area contributed by atoms with E-state index in [0.717, 1.165) is 18.2 Å². The van der Waals surface area contributed by atoms with E-state index in [1.54, 1.807) is 0 Å². The van der Waals surface area contributed by atoms with Crippen molar-refractivity contribution >= 4 is 0 Å². The maximum absolute atomic E-state index is 4.65. The Kier molecular flexibility index (Phi) is 2.02. The van der Waals surface area contributed by atoms with Gasteiger partial charge in [0.1, 0.15) is 5.82 Å². The summed E-state index contributed by atoms with van der Waals surface area (Å²) in [6.07, 6.45) is 4.94. The van der Waals surface area contributed by atoms with Gasteiger partial charge in [-0.05, 0) is 39.7 Å². The zero-order valence-corrected chi connectivity index (χ0v) is 9.38. The van der Waals surface area contributed by atoms with E-state index in [4.69, 9.17) is 0 Å². The van der Waals surface area contributed by atoms with Gasteiger partial charge in [-0.3, -0.25) is 0 Å². The molecule has 1 heterocycles. The lowest BCUT2D eigenvalue weighted by Crippen LogP contribution is -2.16. The Morgan fingerprint density at radius 3 is 2.67 bits per heavy atom. The van der Waals surface area contributed by atoms with Crippen LogP contribution >= 0.6 is 0 Å². The number of fused-ring (bicyclic) bond motifs is 1. The van der Waals surface area contributed by atoms with Crippen molar-refractivity contribution in [2.75, 3.05) is 7.05 Å². The summed E-state index contributed by atoms with van der Waals surface area (Å²) >= 11 is 0. The second-order valence-corrected chi connectivity index (χ2v) is 4.67. The molecule has 3 nitrogen and oxygen atoms in total. The van der Waals surface area contributed by atoms with Crippen LogP contribution in [-0.2, 0) is 6.42 Å². The third-order valence-corrected chi connectivity index (χ3v) is 3.50. The first-order valence-electron chi connectivity index (χ1n) is 5.84. The molecule has 0 saturated heterocycles. The smallest absolute Gasteiger partial charge is 0.125 e. The molecule has 2 aliphatic carbocycles. The predicted octanol–water partition coefficient (Wildman–Crippen LogP) is 1.87. The highest BCUT2D eigenvalue weighted by atomic mass is 15.0. The number of aryl methyl sites for hydroxylation is 2. The zero-order chi connectivity index (χ0) is 10.4. The molecule has 15 heavy (non-hydrogen) atoms. The molecule has 1 aromatic heterocycles. The van der Waals surface area contributed by atoms with Crippen LogP contribution in [-0.4, -0.2) is 17.0 Å². The first-order chi connectivity index (χ1) is 7.29. The highest BCUT2D eigenvalue weighted by molar-refractivity contribution is 5.37. The molecule has 1 fully saturated rings. The molecule has 3 rings (SSSR count). The number of rotatable bonds is 2. The summed E-state index contributed by atoms with van der Waals surface area (Å²) in [5.41, 5.74) is 4.06. The van der Waals surface area contributed by atoms with Crippen molar-refractivity contribution < 1.29 is 0 Å². The minimum Gasteiger partial charge on any atom is -0.313 e. The van der Waals surface area contributed by atoms with Crippen molar-refractivity contribution in [3.63, 3.8) is 0 Å². The fraction of sp³-hybridized carbons (Fsp3) is 0.667. The summed E-state index contributed by atoms with van der Waals surface area (Å²) in [5, 5.41) is 3.38. The molecule has 3 heteroatoms. The Morgan fingerprint density at radius 2 is 2.00 bits per heavy atom. The van der Waals surface area contributed by atoms with Crippen molar-refractivity contribution in [2.24, 2.45) is 0 Å². The van der Waals surface area contributed by atoms with Crippen LogP contribution in [0.3, 0.4) is 0 Å². The van der Waals surface area contributed by atoms with Crippen molar-refractivity contribution in [1.82, 2.24) is 15.3 Å². The SMILES string of the molecule is CNC1CCc2nc(C)nc(C3CC3)c21. The monoisotopic (exact) mass is 203 g/mol. The molecular formula is C12H17N3. The Labute approximate surface area is 90.3 Å². The number of hydrogen-bond acceptors (Lipinski definition) is 3. The van der Waals surface area contributed by atoms with E-state index >= 15 is 0 Å². The van der Waals surface area contributed by atoms with Gasteiger partial charge in [0.15, 0.2) is 0 Å². The molecule has 0 spiro atoms. The lowest BCUT2D eigenvalue weighted by atomic mass is 10.1. The zero-order valence-electron chi connectivity index (χ0n) is 9.38. The molecule has 0 radical (unpaired) electrons. The number of nitrogens with zero attached hydrogens (tertiary/aromatic N) is 2.